The molecule has 1 amide bonds. The van der Waals surface area contributed by atoms with Gasteiger partial charge in [0.1, 0.15) is 0 Å². The Labute approximate surface area is 217 Å². The van der Waals surface area contributed by atoms with Crippen LogP contribution in [0.5, 0.6) is 0 Å². The summed E-state index contributed by atoms with van der Waals surface area (Å²) in [6.07, 6.45) is 15.1. The van der Waals surface area contributed by atoms with E-state index in [1.807, 2.05) is 18.0 Å². The molecule has 5 aliphatic carbocycles. The number of likely N-dealkylation sites (N-methyl/N-ethyl adjacent to an activating group) is 1. The van der Waals surface area contributed by atoms with Crippen LogP contribution in [-0.2, 0) is 9.63 Å². The van der Waals surface area contributed by atoms with Crippen molar-refractivity contribution in [3.63, 3.8) is 0 Å². The molecule has 0 aromatic carbocycles. The number of carbonyl (C=O) groups is 2. The molecule has 0 radical (unpaired) electrons. The van der Waals surface area contributed by atoms with Crippen molar-refractivity contribution in [2.75, 3.05) is 20.1 Å². The lowest BCUT2D eigenvalue weighted by molar-refractivity contribution is -0.117. The predicted molar refractivity (Wildman–Crippen MR) is 143 cm³/mol. The maximum Gasteiger partial charge on any atom is 0.436 e. The van der Waals surface area contributed by atoms with Gasteiger partial charge in [-0.05, 0) is 106 Å². The second-order valence-corrected chi connectivity index (χ2v) is 13.0. The monoisotopic (exact) mass is 497 g/mol. The van der Waals surface area contributed by atoms with Gasteiger partial charge in [-0.25, -0.2) is 4.79 Å². The van der Waals surface area contributed by atoms with E-state index >= 15 is 0 Å². The number of oxime groups is 1. The molecule has 0 bridgehead atoms. The first-order chi connectivity index (χ1) is 17.3. The summed E-state index contributed by atoms with van der Waals surface area (Å²) in [5.41, 5.74) is 2.87. The van der Waals surface area contributed by atoms with E-state index in [9.17, 15) is 9.59 Å². The summed E-state index contributed by atoms with van der Waals surface area (Å²) in [4.78, 5) is 32.7. The van der Waals surface area contributed by atoms with Crippen molar-refractivity contribution in [2.24, 2.45) is 39.7 Å². The normalized spacial score (nSPS) is 38.7. The molecule has 4 fully saturated rings. The molecule has 200 valence electrons. The highest BCUT2D eigenvalue weighted by molar-refractivity contribution is 5.91. The highest BCUT2D eigenvalue weighted by Gasteiger charge is 2.59. The number of allylic oxidation sites excluding steroid dienone is 1. The minimum atomic E-state index is -0.286. The van der Waals surface area contributed by atoms with Crippen LogP contribution in [0.25, 0.3) is 0 Å². The number of hydrogen-bond donors (Lipinski definition) is 1. The maximum absolute atomic E-state index is 13.0. The zero-order valence-electron chi connectivity index (χ0n) is 23.0. The third kappa shape index (κ3) is 4.46. The molecule has 5 rings (SSSR count). The van der Waals surface area contributed by atoms with Crippen molar-refractivity contribution in [3.05, 3.63) is 11.6 Å². The molecule has 4 saturated carbocycles. The van der Waals surface area contributed by atoms with Crippen molar-refractivity contribution in [2.45, 2.75) is 104 Å². The van der Waals surface area contributed by atoms with Crippen LogP contribution in [0, 0.1) is 34.5 Å². The van der Waals surface area contributed by atoms with Gasteiger partial charge in [0.15, 0.2) is 5.78 Å². The predicted octanol–water partition coefficient (Wildman–Crippen LogP) is 6.11. The Morgan fingerprint density at radius 3 is 2.61 bits per heavy atom. The molecular weight excluding hydrogens is 450 g/mol. The van der Waals surface area contributed by atoms with E-state index in [1.165, 1.54) is 44.1 Å². The molecule has 1 N–H and O–H groups in total. The number of fused-ring (bicyclic) bond motifs is 5. The fourth-order valence-electron chi connectivity index (χ4n) is 9.34. The lowest BCUT2D eigenvalue weighted by Gasteiger charge is -2.58. The van der Waals surface area contributed by atoms with E-state index in [0.717, 1.165) is 56.7 Å². The zero-order chi connectivity index (χ0) is 25.5. The molecule has 6 atom stereocenters. The molecule has 0 spiro atoms. The van der Waals surface area contributed by atoms with Gasteiger partial charge in [-0.1, -0.05) is 37.4 Å². The fraction of sp³-hybridized carbons (Fsp3) is 0.833. The number of hydrogen-bond acceptors (Lipinski definition) is 5. The molecule has 6 nitrogen and oxygen atoms in total. The number of carbonyl (C=O) groups excluding carboxylic acids is 2. The summed E-state index contributed by atoms with van der Waals surface area (Å²) in [6.45, 7) is 8.46. The average Bonchev–Trinajstić information content (AvgIpc) is 3.51. The summed E-state index contributed by atoms with van der Waals surface area (Å²) >= 11 is 0. The number of rotatable bonds is 6. The van der Waals surface area contributed by atoms with Crippen LogP contribution in [0.1, 0.15) is 97.8 Å². The highest BCUT2D eigenvalue weighted by Crippen LogP contribution is 2.66. The first kappa shape index (κ1) is 25.9. The highest BCUT2D eigenvalue weighted by atomic mass is 16.7. The van der Waals surface area contributed by atoms with Crippen LogP contribution in [-0.4, -0.2) is 48.7 Å². The van der Waals surface area contributed by atoms with Gasteiger partial charge in [0.2, 0.25) is 0 Å². The second-order valence-electron chi connectivity index (χ2n) is 13.0. The summed E-state index contributed by atoms with van der Waals surface area (Å²) in [7, 11) is 1.92. The molecule has 0 unspecified atom stereocenters. The second kappa shape index (κ2) is 10.2. The standard InChI is InChI=1S/C30H47N3O3/c1-20(32-36-28(35)33(18-17-31-4)22-7-5-6-8-22)25-11-12-26-24-10-9-21-19-23(34)13-15-29(21,2)27(24)14-16-30(25,26)3/h19,22,24-27,31H,5-18H2,1-4H3/b32-20+/t24-,25+,26-,27-,29-,30+/m0/s1. The van der Waals surface area contributed by atoms with E-state index in [4.69, 9.17) is 4.84 Å². The molecule has 0 aromatic heterocycles. The van der Waals surface area contributed by atoms with Crippen molar-refractivity contribution in [3.8, 4) is 0 Å². The van der Waals surface area contributed by atoms with Gasteiger partial charge in [0, 0.05) is 31.5 Å². The number of ketones is 1. The Kier molecular flexibility index (Phi) is 7.37. The molecule has 5 aliphatic rings. The van der Waals surface area contributed by atoms with Gasteiger partial charge in [-0.2, -0.15) is 0 Å². The number of nitrogens with one attached hydrogen (secondary N) is 1. The third-order valence-corrected chi connectivity index (χ3v) is 11.3. The van der Waals surface area contributed by atoms with Crippen LogP contribution in [0.15, 0.2) is 16.8 Å². The maximum atomic E-state index is 13.0. The summed E-state index contributed by atoms with van der Waals surface area (Å²) < 4.78 is 0. The Balaban J connectivity index is 1.28. The van der Waals surface area contributed by atoms with E-state index in [-0.39, 0.29) is 23.0 Å². The zero-order valence-corrected chi connectivity index (χ0v) is 23.0. The molecular formula is C30H47N3O3. The molecule has 0 aromatic rings. The first-order valence-electron chi connectivity index (χ1n) is 14.7. The van der Waals surface area contributed by atoms with Gasteiger partial charge in [0.25, 0.3) is 0 Å². The van der Waals surface area contributed by atoms with Crippen molar-refractivity contribution in [1.82, 2.24) is 10.2 Å². The fourth-order valence-corrected chi connectivity index (χ4v) is 9.34. The average molecular weight is 498 g/mol. The van der Waals surface area contributed by atoms with Crippen molar-refractivity contribution < 1.29 is 14.4 Å². The van der Waals surface area contributed by atoms with Crippen LogP contribution in [0.3, 0.4) is 0 Å². The van der Waals surface area contributed by atoms with Crippen LogP contribution in [0.2, 0.25) is 0 Å². The Morgan fingerprint density at radius 1 is 1.08 bits per heavy atom. The van der Waals surface area contributed by atoms with Crippen LogP contribution < -0.4 is 5.32 Å². The van der Waals surface area contributed by atoms with E-state index in [0.29, 0.717) is 30.1 Å². The Bertz CT molecular complexity index is 922. The summed E-state index contributed by atoms with van der Waals surface area (Å²) in [5, 5.41) is 7.65. The van der Waals surface area contributed by atoms with E-state index in [2.05, 4.69) is 31.2 Å². The minimum Gasteiger partial charge on any atom is -0.318 e. The molecule has 0 aliphatic heterocycles. The van der Waals surface area contributed by atoms with Gasteiger partial charge < -0.3 is 10.2 Å². The lowest BCUT2D eigenvalue weighted by atomic mass is 9.46. The van der Waals surface area contributed by atoms with Crippen LogP contribution in [0.4, 0.5) is 4.79 Å². The Hall–Kier alpha value is -1.69. The number of nitrogens with zero attached hydrogens (tertiary/aromatic N) is 2. The molecule has 0 heterocycles. The minimum absolute atomic E-state index is 0.214. The summed E-state index contributed by atoms with van der Waals surface area (Å²) in [5.74, 6) is 2.85. The molecule has 0 saturated heterocycles. The lowest BCUT2D eigenvalue weighted by Crippen LogP contribution is -2.51. The van der Waals surface area contributed by atoms with Crippen molar-refractivity contribution >= 4 is 17.6 Å². The van der Waals surface area contributed by atoms with Gasteiger partial charge >= 0.3 is 6.09 Å². The largest absolute Gasteiger partial charge is 0.436 e. The Morgan fingerprint density at radius 2 is 1.86 bits per heavy atom. The van der Waals surface area contributed by atoms with E-state index in [1.54, 1.807) is 0 Å². The SMILES string of the molecule is CNCCN(C(=O)O/N=C(\C)[C@H]1CC[C@H]2[C@@H]3CCC4=CC(=O)CC[C@]4(C)[C@H]3CC[C@]12C)C1CCCC1. The van der Waals surface area contributed by atoms with Gasteiger partial charge in [-0.3, -0.25) is 9.63 Å². The first-order valence-corrected chi connectivity index (χ1v) is 14.7. The van der Waals surface area contributed by atoms with Gasteiger partial charge in [-0.15, -0.1) is 0 Å². The number of amides is 1. The topological polar surface area (TPSA) is 71.0 Å². The third-order valence-electron chi connectivity index (χ3n) is 11.3. The van der Waals surface area contributed by atoms with Crippen molar-refractivity contribution in [1.29, 1.82) is 0 Å². The van der Waals surface area contributed by atoms with Crippen LogP contribution >= 0.6 is 0 Å². The quantitative estimate of drug-likeness (QED) is 0.273. The van der Waals surface area contributed by atoms with Gasteiger partial charge in [0.05, 0.1) is 5.71 Å². The smallest absolute Gasteiger partial charge is 0.318 e. The molecule has 36 heavy (non-hydrogen) atoms. The summed E-state index contributed by atoms with van der Waals surface area (Å²) in [6, 6.07) is 0.284. The molecule has 6 heteroatoms. The van der Waals surface area contributed by atoms with E-state index < -0.39 is 0 Å².